The van der Waals surface area contributed by atoms with Crippen LogP contribution in [0.4, 0.5) is 0 Å². The van der Waals surface area contributed by atoms with E-state index in [1.807, 2.05) is 41.1 Å². The molecule has 0 amide bonds. The average Bonchev–Trinajstić information content (AvgIpc) is 2.80. The second-order valence-corrected chi connectivity index (χ2v) is 4.55. The average molecular weight is 279 g/mol. The molecular formula is C12H13N3O3S. The summed E-state index contributed by atoms with van der Waals surface area (Å²) in [6, 6.07) is 7.56. The lowest BCUT2D eigenvalue weighted by Crippen LogP contribution is -2.16. The Hall–Kier alpha value is -2.15. The van der Waals surface area contributed by atoms with Crippen LogP contribution in [0.3, 0.4) is 0 Å². The lowest BCUT2D eigenvalue weighted by molar-refractivity contribution is -0.490. The Balaban J connectivity index is 2.50. The van der Waals surface area contributed by atoms with E-state index < -0.39 is 5.03 Å². The number of nitrogens with zero attached hydrogens (tertiary/aromatic N) is 3. The van der Waals surface area contributed by atoms with Gasteiger partial charge in [0.05, 0.1) is 17.9 Å². The molecule has 0 saturated heterocycles. The molecule has 0 radical (unpaired) electrons. The largest absolute Gasteiger partial charge is 0.497 e. The predicted molar refractivity (Wildman–Crippen MR) is 72.5 cm³/mol. The van der Waals surface area contributed by atoms with Crippen molar-refractivity contribution in [2.45, 2.75) is 13.5 Å². The van der Waals surface area contributed by atoms with Crippen molar-refractivity contribution < 1.29 is 9.77 Å². The summed E-state index contributed by atoms with van der Waals surface area (Å²) < 4.78 is 6.92. The van der Waals surface area contributed by atoms with Gasteiger partial charge in [0.25, 0.3) is 4.80 Å². The number of ether oxygens (including phenoxy) is 1. The zero-order valence-electron chi connectivity index (χ0n) is 10.6. The van der Waals surface area contributed by atoms with Gasteiger partial charge in [0.15, 0.2) is 5.03 Å². The van der Waals surface area contributed by atoms with Gasteiger partial charge in [-0.1, -0.05) is 11.3 Å². The second-order valence-electron chi connectivity index (χ2n) is 3.71. The van der Waals surface area contributed by atoms with Crippen LogP contribution in [0.2, 0.25) is 0 Å². The SMILES string of the molecule is CCn1c(-c2ccc(OC)cc2)cs/c1=N\[N+](=O)[O-]. The zero-order valence-corrected chi connectivity index (χ0v) is 11.4. The molecule has 0 spiro atoms. The lowest BCUT2D eigenvalue weighted by Gasteiger charge is -2.06. The van der Waals surface area contributed by atoms with E-state index in [-0.39, 0.29) is 0 Å². The summed E-state index contributed by atoms with van der Waals surface area (Å²) in [5, 5.41) is 15.1. The molecule has 2 rings (SSSR count). The zero-order chi connectivity index (χ0) is 13.8. The Morgan fingerprint density at radius 3 is 2.63 bits per heavy atom. The van der Waals surface area contributed by atoms with Gasteiger partial charge in [0, 0.05) is 11.9 Å². The minimum atomic E-state index is -0.671. The van der Waals surface area contributed by atoms with Crippen LogP contribution < -0.4 is 9.54 Å². The van der Waals surface area contributed by atoms with Crippen molar-refractivity contribution in [3.63, 3.8) is 0 Å². The molecule has 0 aliphatic carbocycles. The third-order valence-corrected chi connectivity index (χ3v) is 3.52. The molecule has 6 nitrogen and oxygen atoms in total. The molecule has 0 N–H and O–H groups in total. The van der Waals surface area contributed by atoms with Crippen LogP contribution >= 0.6 is 11.3 Å². The summed E-state index contributed by atoms with van der Waals surface area (Å²) >= 11 is 1.26. The quantitative estimate of drug-likeness (QED) is 0.637. The topological polar surface area (TPSA) is 69.7 Å². The first-order valence-corrected chi connectivity index (χ1v) is 6.55. The molecule has 0 aliphatic rings. The number of benzene rings is 1. The minimum absolute atomic E-state index is 0.387. The van der Waals surface area contributed by atoms with E-state index in [4.69, 9.17) is 4.74 Å². The molecule has 19 heavy (non-hydrogen) atoms. The number of rotatable bonds is 4. The van der Waals surface area contributed by atoms with Crippen molar-refractivity contribution in [1.29, 1.82) is 0 Å². The van der Waals surface area contributed by atoms with Crippen molar-refractivity contribution >= 4 is 11.3 Å². The maximum absolute atomic E-state index is 10.5. The normalized spacial score (nSPS) is 11.6. The Bertz CT molecular complexity index is 643. The standard InChI is InChI=1S/C12H13N3O3S/c1-3-14-11(8-19-12(14)13-15(16)17)9-4-6-10(18-2)7-5-9/h4-8H,3H2,1-2H3/b13-12-. The van der Waals surface area contributed by atoms with Gasteiger partial charge in [0.2, 0.25) is 0 Å². The van der Waals surface area contributed by atoms with Gasteiger partial charge in [-0.05, 0) is 36.8 Å². The molecule has 7 heteroatoms. The van der Waals surface area contributed by atoms with E-state index in [0.717, 1.165) is 17.0 Å². The monoisotopic (exact) mass is 279 g/mol. The highest BCUT2D eigenvalue weighted by molar-refractivity contribution is 7.07. The first-order valence-electron chi connectivity index (χ1n) is 5.67. The Kier molecular flexibility index (Phi) is 3.96. The molecule has 0 fully saturated rings. The summed E-state index contributed by atoms with van der Waals surface area (Å²) in [6.07, 6.45) is 0. The smallest absolute Gasteiger partial charge is 0.263 e. The van der Waals surface area contributed by atoms with E-state index in [1.54, 1.807) is 7.11 Å². The maximum Gasteiger partial charge on any atom is 0.263 e. The van der Waals surface area contributed by atoms with Crippen LogP contribution in [-0.4, -0.2) is 16.7 Å². The van der Waals surface area contributed by atoms with Crippen LogP contribution in [0.5, 0.6) is 5.75 Å². The molecule has 0 atom stereocenters. The van der Waals surface area contributed by atoms with Gasteiger partial charge in [0.1, 0.15) is 5.75 Å². The number of hydrogen-bond acceptors (Lipinski definition) is 4. The van der Waals surface area contributed by atoms with Crippen molar-refractivity contribution in [1.82, 2.24) is 4.57 Å². The van der Waals surface area contributed by atoms with Gasteiger partial charge in [-0.15, -0.1) is 0 Å². The van der Waals surface area contributed by atoms with Crippen molar-refractivity contribution in [2.24, 2.45) is 5.10 Å². The van der Waals surface area contributed by atoms with Gasteiger partial charge in [-0.2, -0.15) is 0 Å². The van der Waals surface area contributed by atoms with Crippen LogP contribution in [0.25, 0.3) is 11.3 Å². The Morgan fingerprint density at radius 1 is 1.42 bits per heavy atom. The summed E-state index contributed by atoms with van der Waals surface area (Å²) in [7, 11) is 1.61. The third kappa shape index (κ3) is 2.82. The molecule has 100 valence electrons. The molecule has 2 aromatic rings. The highest BCUT2D eigenvalue weighted by Crippen LogP contribution is 2.22. The maximum atomic E-state index is 10.5. The van der Waals surface area contributed by atoms with Gasteiger partial charge >= 0.3 is 0 Å². The number of methoxy groups -OCH3 is 1. The van der Waals surface area contributed by atoms with E-state index in [9.17, 15) is 10.1 Å². The molecule has 0 aliphatic heterocycles. The van der Waals surface area contributed by atoms with Gasteiger partial charge in [-0.25, -0.2) is 10.1 Å². The number of thiazole rings is 1. The summed E-state index contributed by atoms with van der Waals surface area (Å²) in [4.78, 5) is 10.9. The molecule has 1 heterocycles. The van der Waals surface area contributed by atoms with Crippen LogP contribution in [0, 0.1) is 10.1 Å². The fourth-order valence-corrected chi connectivity index (χ4v) is 2.73. The van der Waals surface area contributed by atoms with E-state index in [1.165, 1.54) is 11.3 Å². The van der Waals surface area contributed by atoms with Crippen LogP contribution in [0.1, 0.15) is 6.92 Å². The van der Waals surface area contributed by atoms with Crippen molar-refractivity contribution in [3.8, 4) is 17.0 Å². The summed E-state index contributed by atoms with van der Waals surface area (Å²) in [6.45, 7) is 2.55. The van der Waals surface area contributed by atoms with Crippen molar-refractivity contribution in [3.05, 3.63) is 44.6 Å². The first kappa shape index (κ1) is 13.3. The number of hydrogen-bond donors (Lipinski definition) is 0. The number of aromatic nitrogens is 1. The number of nitro groups is 1. The van der Waals surface area contributed by atoms with Gasteiger partial charge in [-0.3, -0.25) is 0 Å². The first-order chi connectivity index (χ1) is 9.15. The predicted octanol–water partition coefficient (Wildman–Crippen LogP) is 2.34. The molecule has 0 saturated carbocycles. The van der Waals surface area contributed by atoms with Crippen molar-refractivity contribution in [2.75, 3.05) is 7.11 Å². The highest BCUT2D eigenvalue weighted by atomic mass is 32.1. The Morgan fingerprint density at radius 2 is 2.11 bits per heavy atom. The van der Waals surface area contributed by atoms with Crippen LogP contribution in [-0.2, 0) is 6.54 Å². The molecular weight excluding hydrogens is 266 g/mol. The van der Waals surface area contributed by atoms with E-state index in [0.29, 0.717) is 11.3 Å². The summed E-state index contributed by atoms with van der Waals surface area (Å²) in [5.74, 6) is 0.775. The fourth-order valence-electron chi connectivity index (χ4n) is 1.78. The molecule has 1 aromatic carbocycles. The third-order valence-electron chi connectivity index (χ3n) is 2.67. The van der Waals surface area contributed by atoms with E-state index >= 15 is 0 Å². The van der Waals surface area contributed by atoms with E-state index in [2.05, 4.69) is 5.10 Å². The molecule has 1 aromatic heterocycles. The van der Waals surface area contributed by atoms with Gasteiger partial charge < -0.3 is 9.30 Å². The fraction of sp³-hybridized carbons (Fsp3) is 0.250. The lowest BCUT2D eigenvalue weighted by atomic mass is 10.1. The van der Waals surface area contributed by atoms with Crippen LogP contribution in [0.15, 0.2) is 34.7 Å². The summed E-state index contributed by atoms with van der Waals surface area (Å²) in [5.41, 5.74) is 1.89. The second kappa shape index (κ2) is 5.66. The highest BCUT2D eigenvalue weighted by Gasteiger charge is 2.08. The Labute approximate surface area is 113 Å². The molecule has 0 bridgehead atoms. The minimum Gasteiger partial charge on any atom is -0.497 e. The molecule has 0 unspecified atom stereocenters.